The highest BCUT2D eigenvalue weighted by Gasteiger charge is 2.29. The van der Waals surface area contributed by atoms with Crippen molar-refractivity contribution in [2.24, 2.45) is 5.92 Å². The van der Waals surface area contributed by atoms with Gasteiger partial charge in [-0.2, -0.15) is 5.06 Å². The van der Waals surface area contributed by atoms with Crippen LogP contribution in [0.4, 0.5) is 0 Å². The fraction of sp³-hybridized carbons (Fsp3) is 0.818. The van der Waals surface area contributed by atoms with E-state index in [4.69, 9.17) is 4.84 Å². The van der Waals surface area contributed by atoms with Crippen LogP contribution in [0, 0.1) is 5.92 Å². The molecule has 15 heavy (non-hydrogen) atoms. The third-order valence-corrected chi connectivity index (χ3v) is 3.17. The summed E-state index contributed by atoms with van der Waals surface area (Å²) in [6.45, 7) is 0.567. The molecule has 84 valence electrons. The maximum absolute atomic E-state index is 11.7. The van der Waals surface area contributed by atoms with Crippen molar-refractivity contribution in [2.75, 3.05) is 6.54 Å². The fourth-order valence-electron chi connectivity index (χ4n) is 2.24. The number of hydroxylamine groups is 2. The summed E-state index contributed by atoms with van der Waals surface area (Å²) >= 11 is 0. The first-order chi connectivity index (χ1) is 7.27. The maximum atomic E-state index is 11.7. The number of rotatable bonds is 2. The molecule has 0 spiro atoms. The zero-order chi connectivity index (χ0) is 10.7. The molecule has 0 bridgehead atoms. The van der Waals surface area contributed by atoms with E-state index in [0.29, 0.717) is 13.0 Å². The van der Waals surface area contributed by atoms with E-state index in [1.807, 2.05) is 0 Å². The van der Waals surface area contributed by atoms with Crippen LogP contribution < -0.4 is 0 Å². The summed E-state index contributed by atoms with van der Waals surface area (Å²) in [5.74, 6) is -0.240. The first-order valence-electron chi connectivity index (χ1n) is 5.79. The van der Waals surface area contributed by atoms with Gasteiger partial charge in [0.05, 0.1) is 12.5 Å². The van der Waals surface area contributed by atoms with E-state index >= 15 is 0 Å². The van der Waals surface area contributed by atoms with Gasteiger partial charge in [0, 0.05) is 6.42 Å². The third-order valence-electron chi connectivity index (χ3n) is 3.17. The Morgan fingerprint density at radius 3 is 2.53 bits per heavy atom. The largest absolute Gasteiger partial charge is 0.338 e. The van der Waals surface area contributed by atoms with Gasteiger partial charge in [-0.05, 0) is 19.3 Å². The van der Waals surface area contributed by atoms with Crippen LogP contribution in [0.2, 0.25) is 0 Å². The Morgan fingerprint density at radius 1 is 1.20 bits per heavy atom. The van der Waals surface area contributed by atoms with E-state index in [1.54, 1.807) is 0 Å². The van der Waals surface area contributed by atoms with Crippen molar-refractivity contribution in [3.8, 4) is 0 Å². The van der Waals surface area contributed by atoms with E-state index in [9.17, 15) is 9.59 Å². The second-order valence-electron chi connectivity index (χ2n) is 4.34. The van der Waals surface area contributed by atoms with Crippen LogP contribution >= 0.6 is 0 Å². The van der Waals surface area contributed by atoms with Crippen LogP contribution in [0.3, 0.4) is 0 Å². The topological polar surface area (TPSA) is 46.6 Å². The van der Waals surface area contributed by atoms with Crippen LogP contribution in [-0.4, -0.2) is 23.5 Å². The lowest BCUT2D eigenvalue weighted by molar-refractivity contribution is -0.197. The number of carbonyl (C=O) groups excluding carboxylic acids is 2. The van der Waals surface area contributed by atoms with Gasteiger partial charge in [0.2, 0.25) is 0 Å². The predicted octanol–water partition coefficient (Wildman–Crippen LogP) is 1.65. The monoisotopic (exact) mass is 211 g/mol. The van der Waals surface area contributed by atoms with E-state index in [1.165, 1.54) is 11.5 Å². The number of nitrogens with zero attached hydrogens (tertiary/aromatic N) is 1. The highest BCUT2D eigenvalue weighted by atomic mass is 16.7. The number of hydrogen-bond donors (Lipinski definition) is 0. The molecule has 1 aliphatic heterocycles. The van der Waals surface area contributed by atoms with Gasteiger partial charge in [0.25, 0.3) is 5.91 Å². The molecule has 0 aromatic heterocycles. The molecule has 0 aromatic carbocycles. The third kappa shape index (κ3) is 2.49. The molecule has 1 saturated heterocycles. The highest BCUT2D eigenvalue weighted by molar-refractivity contribution is 5.80. The summed E-state index contributed by atoms with van der Waals surface area (Å²) in [6, 6.07) is 0. The Hall–Kier alpha value is -1.06. The van der Waals surface area contributed by atoms with Gasteiger partial charge in [-0.15, -0.1) is 0 Å². The molecule has 4 heteroatoms. The van der Waals surface area contributed by atoms with Gasteiger partial charge in [-0.25, -0.2) is 4.79 Å². The van der Waals surface area contributed by atoms with Gasteiger partial charge in [-0.1, -0.05) is 19.3 Å². The SMILES string of the molecule is O=C(ON1CCCC1=O)C1CCCCC1. The highest BCUT2D eigenvalue weighted by Crippen LogP contribution is 2.25. The Morgan fingerprint density at radius 2 is 1.93 bits per heavy atom. The molecule has 0 atom stereocenters. The molecule has 0 aromatic rings. The first-order valence-corrected chi connectivity index (χ1v) is 5.79. The van der Waals surface area contributed by atoms with E-state index in [0.717, 1.165) is 32.1 Å². The number of amides is 1. The average molecular weight is 211 g/mol. The minimum Gasteiger partial charge on any atom is -0.338 e. The standard InChI is InChI=1S/C11H17NO3/c13-10-7-4-8-12(10)15-11(14)9-5-2-1-3-6-9/h9H,1-8H2. The zero-order valence-electron chi connectivity index (χ0n) is 8.91. The summed E-state index contributed by atoms with van der Waals surface area (Å²) in [5, 5.41) is 1.23. The van der Waals surface area contributed by atoms with E-state index in [-0.39, 0.29) is 17.8 Å². The van der Waals surface area contributed by atoms with Crippen molar-refractivity contribution in [3.63, 3.8) is 0 Å². The molecule has 4 nitrogen and oxygen atoms in total. The van der Waals surface area contributed by atoms with Crippen molar-refractivity contribution < 1.29 is 14.4 Å². The molecule has 0 radical (unpaired) electrons. The van der Waals surface area contributed by atoms with Crippen molar-refractivity contribution in [3.05, 3.63) is 0 Å². The molecule has 2 fully saturated rings. The van der Waals surface area contributed by atoms with E-state index < -0.39 is 0 Å². The zero-order valence-corrected chi connectivity index (χ0v) is 8.91. The summed E-state index contributed by atoms with van der Waals surface area (Å²) in [6.07, 6.45) is 6.57. The predicted molar refractivity (Wildman–Crippen MR) is 53.6 cm³/mol. The molecule has 2 rings (SSSR count). The second-order valence-corrected chi connectivity index (χ2v) is 4.34. The van der Waals surface area contributed by atoms with E-state index in [2.05, 4.69) is 0 Å². The minimum atomic E-state index is -0.204. The lowest BCUT2D eigenvalue weighted by Crippen LogP contribution is -2.32. The molecule has 1 saturated carbocycles. The normalized spacial score (nSPS) is 23.2. The quantitative estimate of drug-likeness (QED) is 0.697. The number of carbonyl (C=O) groups is 2. The van der Waals surface area contributed by atoms with Crippen LogP contribution in [0.1, 0.15) is 44.9 Å². The smallest absolute Gasteiger partial charge is 0.335 e. The van der Waals surface area contributed by atoms with Gasteiger partial charge >= 0.3 is 5.97 Å². The van der Waals surface area contributed by atoms with Crippen molar-refractivity contribution >= 4 is 11.9 Å². The minimum absolute atomic E-state index is 0.0205. The lowest BCUT2D eigenvalue weighted by atomic mass is 9.89. The molecular formula is C11H17NO3. The van der Waals surface area contributed by atoms with Gasteiger partial charge < -0.3 is 4.84 Å². The fourth-order valence-corrected chi connectivity index (χ4v) is 2.24. The van der Waals surface area contributed by atoms with Crippen LogP contribution in [0.5, 0.6) is 0 Å². The first kappa shape index (κ1) is 10.5. The average Bonchev–Trinajstić information content (AvgIpc) is 2.66. The van der Waals surface area contributed by atoms with Crippen LogP contribution in [-0.2, 0) is 14.4 Å². The number of hydrogen-bond acceptors (Lipinski definition) is 3. The van der Waals surface area contributed by atoms with Crippen molar-refractivity contribution in [1.82, 2.24) is 5.06 Å². The van der Waals surface area contributed by atoms with Gasteiger partial charge in [-0.3, -0.25) is 4.79 Å². The molecule has 1 aliphatic carbocycles. The van der Waals surface area contributed by atoms with Crippen LogP contribution in [0.25, 0.3) is 0 Å². The lowest BCUT2D eigenvalue weighted by Gasteiger charge is -2.22. The molecule has 0 unspecified atom stereocenters. The Labute approximate surface area is 89.5 Å². The van der Waals surface area contributed by atoms with Crippen molar-refractivity contribution in [2.45, 2.75) is 44.9 Å². The maximum Gasteiger partial charge on any atom is 0.335 e. The molecule has 1 heterocycles. The summed E-state index contributed by atoms with van der Waals surface area (Å²) < 4.78 is 0. The molecule has 0 N–H and O–H groups in total. The Balaban J connectivity index is 1.82. The Bertz CT molecular complexity index is 259. The summed E-state index contributed by atoms with van der Waals surface area (Å²) in [5.41, 5.74) is 0. The Kier molecular flexibility index (Phi) is 3.23. The molecule has 1 amide bonds. The second kappa shape index (κ2) is 4.64. The van der Waals surface area contributed by atoms with Gasteiger partial charge in [0.1, 0.15) is 0 Å². The summed E-state index contributed by atoms with van der Waals surface area (Å²) in [7, 11) is 0. The summed E-state index contributed by atoms with van der Waals surface area (Å²) in [4.78, 5) is 28.0. The molecular weight excluding hydrogens is 194 g/mol. The molecule has 2 aliphatic rings. The van der Waals surface area contributed by atoms with Gasteiger partial charge in [0.15, 0.2) is 0 Å². The van der Waals surface area contributed by atoms with Crippen molar-refractivity contribution in [1.29, 1.82) is 0 Å². The van der Waals surface area contributed by atoms with Crippen LogP contribution in [0.15, 0.2) is 0 Å².